The minimum absolute atomic E-state index is 0.118. The zero-order chi connectivity index (χ0) is 22.0. The second kappa shape index (κ2) is 8.55. The van der Waals surface area contributed by atoms with Gasteiger partial charge in [0, 0.05) is 41.2 Å². The van der Waals surface area contributed by atoms with Crippen LogP contribution in [0.2, 0.25) is 0 Å². The first kappa shape index (κ1) is 20.5. The molecule has 0 bridgehead atoms. The predicted octanol–water partition coefficient (Wildman–Crippen LogP) is 4.41. The minimum Gasteiger partial charge on any atom is -0.489 e. The summed E-state index contributed by atoms with van der Waals surface area (Å²) >= 11 is 0. The molecule has 0 saturated heterocycles. The highest BCUT2D eigenvalue weighted by molar-refractivity contribution is 6.08. The van der Waals surface area contributed by atoms with Crippen molar-refractivity contribution in [2.75, 3.05) is 4.90 Å². The van der Waals surface area contributed by atoms with Crippen molar-refractivity contribution < 1.29 is 23.8 Å². The Hall–Kier alpha value is -3.74. The van der Waals surface area contributed by atoms with Crippen LogP contribution in [-0.2, 0) is 11.4 Å². The monoisotopic (exact) mass is 420 g/mol. The van der Waals surface area contributed by atoms with Crippen molar-refractivity contribution in [2.24, 2.45) is 0 Å². The van der Waals surface area contributed by atoms with Crippen molar-refractivity contribution in [1.29, 1.82) is 0 Å². The summed E-state index contributed by atoms with van der Waals surface area (Å²) in [5, 5.41) is 9.43. The van der Waals surface area contributed by atoms with Gasteiger partial charge in [0.1, 0.15) is 18.2 Å². The van der Waals surface area contributed by atoms with E-state index in [1.807, 2.05) is 19.1 Å². The summed E-state index contributed by atoms with van der Waals surface area (Å²) in [5.74, 6) is -1.48. The van der Waals surface area contributed by atoms with Crippen LogP contribution in [0.5, 0.6) is 5.75 Å². The number of aromatic nitrogens is 1. The molecular formula is C24H21FN2O4. The van der Waals surface area contributed by atoms with Crippen LogP contribution in [0.1, 0.15) is 40.7 Å². The Labute approximate surface area is 178 Å². The first-order valence-corrected chi connectivity index (χ1v) is 9.90. The van der Waals surface area contributed by atoms with Crippen molar-refractivity contribution in [2.45, 2.75) is 31.9 Å². The van der Waals surface area contributed by atoms with Gasteiger partial charge in [-0.1, -0.05) is 6.07 Å². The molecule has 2 heterocycles. The molecule has 1 aliphatic rings. The number of ether oxygens (including phenoxy) is 1. The number of pyridine rings is 1. The number of aliphatic carboxylic acids is 1. The van der Waals surface area contributed by atoms with E-state index in [0.717, 1.165) is 11.1 Å². The fourth-order valence-electron chi connectivity index (χ4n) is 3.94. The lowest BCUT2D eigenvalue weighted by Crippen LogP contribution is -2.37. The number of hydrogen-bond acceptors (Lipinski definition) is 4. The van der Waals surface area contributed by atoms with E-state index in [9.17, 15) is 19.1 Å². The van der Waals surface area contributed by atoms with Gasteiger partial charge in [0.15, 0.2) is 0 Å². The molecule has 0 saturated carbocycles. The van der Waals surface area contributed by atoms with Crippen LogP contribution < -0.4 is 9.64 Å². The quantitative estimate of drug-likeness (QED) is 0.639. The van der Waals surface area contributed by atoms with Crippen molar-refractivity contribution in [3.63, 3.8) is 0 Å². The molecule has 1 aromatic heterocycles. The number of carbonyl (C=O) groups excluding carboxylic acids is 1. The Kier molecular flexibility index (Phi) is 5.66. The molecule has 6 nitrogen and oxygen atoms in total. The van der Waals surface area contributed by atoms with Gasteiger partial charge >= 0.3 is 5.97 Å². The lowest BCUT2D eigenvalue weighted by molar-refractivity contribution is -0.137. The zero-order valence-electron chi connectivity index (χ0n) is 16.9. The van der Waals surface area contributed by atoms with Gasteiger partial charge < -0.3 is 14.7 Å². The van der Waals surface area contributed by atoms with Gasteiger partial charge in [-0.15, -0.1) is 0 Å². The van der Waals surface area contributed by atoms with Gasteiger partial charge in [0.05, 0.1) is 6.42 Å². The largest absolute Gasteiger partial charge is 0.489 e. The number of carboxylic acid groups (broad SMARTS) is 1. The number of carboxylic acids is 1. The molecule has 4 rings (SSSR count). The van der Waals surface area contributed by atoms with E-state index in [-0.39, 0.29) is 24.3 Å². The van der Waals surface area contributed by atoms with Crippen LogP contribution in [0.15, 0.2) is 67.0 Å². The molecule has 7 heteroatoms. The third-order valence-electron chi connectivity index (χ3n) is 5.48. The van der Waals surface area contributed by atoms with E-state index in [1.165, 1.54) is 24.3 Å². The van der Waals surface area contributed by atoms with Crippen LogP contribution in [0, 0.1) is 5.82 Å². The standard InChI is InChI=1S/C24H21FN2O4/c1-15-20(12-23(28)29)21-11-19(31-14-16-3-2-10-26-13-16)8-9-22(21)27(15)24(30)17-4-6-18(25)7-5-17/h2-11,13,15,20H,12,14H2,1H3,(H,28,29). The summed E-state index contributed by atoms with van der Waals surface area (Å²) in [6.07, 6.45) is 3.28. The summed E-state index contributed by atoms with van der Waals surface area (Å²) in [5.41, 5.74) is 2.63. The summed E-state index contributed by atoms with van der Waals surface area (Å²) in [4.78, 5) is 30.3. The number of carbonyl (C=O) groups is 2. The minimum atomic E-state index is -0.944. The van der Waals surface area contributed by atoms with E-state index in [2.05, 4.69) is 4.98 Å². The third kappa shape index (κ3) is 4.26. The second-order valence-corrected chi connectivity index (χ2v) is 7.50. The number of hydrogen-bond donors (Lipinski definition) is 1. The molecule has 2 aromatic carbocycles. The molecule has 1 amide bonds. The maximum atomic E-state index is 13.3. The predicted molar refractivity (Wildman–Crippen MR) is 113 cm³/mol. The van der Waals surface area contributed by atoms with Gasteiger partial charge in [-0.3, -0.25) is 14.6 Å². The number of fused-ring (bicyclic) bond motifs is 1. The Morgan fingerprint density at radius 3 is 2.61 bits per heavy atom. The molecule has 0 spiro atoms. The topological polar surface area (TPSA) is 79.7 Å². The summed E-state index contributed by atoms with van der Waals surface area (Å²) in [6, 6.07) is 14.0. The molecule has 2 atom stereocenters. The SMILES string of the molecule is CC1C(CC(=O)O)c2cc(OCc3cccnc3)ccc2N1C(=O)c1ccc(F)cc1. The lowest BCUT2D eigenvalue weighted by atomic mass is 9.92. The zero-order valence-corrected chi connectivity index (χ0v) is 16.9. The maximum Gasteiger partial charge on any atom is 0.304 e. The van der Waals surface area contributed by atoms with Crippen molar-refractivity contribution in [3.05, 3.63) is 89.5 Å². The fourth-order valence-corrected chi connectivity index (χ4v) is 3.94. The number of benzene rings is 2. The van der Waals surface area contributed by atoms with E-state index in [0.29, 0.717) is 23.6 Å². The molecule has 0 fully saturated rings. The van der Waals surface area contributed by atoms with E-state index >= 15 is 0 Å². The Morgan fingerprint density at radius 2 is 1.94 bits per heavy atom. The first-order chi connectivity index (χ1) is 14.9. The van der Waals surface area contributed by atoms with Gasteiger partial charge in [0.25, 0.3) is 5.91 Å². The average Bonchev–Trinajstić information content (AvgIpc) is 3.03. The smallest absolute Gasteiger partial charge is 0.304 e. The third-order valence-corrected chi connectivity index (χ3v) is 5.48. The molecule has 1 N–H and O–H groups in total. The first-order valence-electron chi connectivity index (χ1n) is 9.90. The van der Waals surface area contributed by atoms with Crippen LogP contribution in [0.4, 0.5) is 10.1 Å². The molecule has 3 aromatic rings. The second-order valence-electron chi connectivity index (χ2n) is 7.50. The van der Waals surface area contributed by atoms with E-state index in [1.54, 1.807) is 35.5 Å². The lowest BCUT2D eigenvalue weighted by Gasteiger charge is -2.25. The molecule has 1 aliphatic heterocycles. The number of anilines is 1. The molecular weight excluding hydrogens is 399 g/mol. The van der Waals surface area contributed by atoms with Crippen LogP contribution in [0.3, 0.4) is 0 Å². The van der Waals surface area contributed by atoms with Gasteiger partial charge in [-0.2, -0.15) is 0 Å². The van der Waals surface area contributed by atoms with Crippen LogP contribution in [0.25, 0.3) is 0 Å². The fraction of sp³-hybridized carbons (Fsp3) is 0.208. The van der Waals surface area contributed by atoms with E-state index in [4.69, 9.17) is 4.74 Å². The van der Waals surface area contributed by atoms with Gasteiger partial charge in [-0.05, 0) is 61.0 Å². The van der Waals surface area contributed by atoms with Crippen molar-refractivity contribution in [3.8, 4) is 5.75 Å². The summed E-state index contributed by atoms with van der Waals surface area (Å²) in [6.45, 7) is 2.15. The molecule has 158 valence electrons. The highest BCUT2D eigenvalue weighted by Crippen LogP contribution is 2.45. The van der Waals surface area contributed by atoms with Crippen molar-refractivity contribution in [1.82, 2.24) is 4.98 Å². The number of nitrogens with zero attached hydrogens (tertiary/aromatic N) is 2. The van der Waals surface area contributed by atoms with Crippen LogP contribution in [-0.4, -0.2) is 28.0 Å². The Balaban J connectivity index is 1.65. The van der Waals surface area contributed by atoms with Crippen LogP contribution >= 0.6 is 0 Å². The molecule has 0 aliphatic carbocycles. The summed E-state index contributed by atoms with van der Waals surface area (Å²) in [7, 11) is 0. The van der Waals surface area contributed by atoms with Gasteiger partial charge in [-0.25, -0.2) is 4.39 Å². The number of rotatable bonds is 6. The number of halogens is 1. The van der Waals surface area contributed by atoms with Gasteiger partial charge in [0.2, 0.25) is 0 Å². The molecule has 2 unspecified atom stereocenters. The van der Waals surface area contributed by atoms with E-state index < -0.39 is 11.8 Å². The average molecular weight is 420 g/mol. The Bertz CT molecular complexity index is 1100. The summed E-state index contributed by atoms with van der Waals surface area (Å²) < 4.78 is 19.1. The maximum absolute atomic E-state index is 13.3. The highest BCUT2D eigenvalue weighted by Gasteiger charge is 2.40. The molecule has 31 heavy (non-hydrogen) atoms. The highest BCUT2D eigenvalue weighted by atomic mass is 19.1. The molecule has 0 radical (unpaired) electrons. The normalized spacial score (nSPS) is 17.3. The number of amides is 1. The Morgan fingerprint density at radius 1 is 1.16 bits per heavy atom. The van der Waals surface area contributed by atoms with Crippen molar-refractivity contribution >= 4 is 17.6 Å².